The van der Waals surface area contributed by atoms with E-state index in [4.69, 9.17) is 25.8 Å². The fourth-order valence-electron chi connectivity index (χ4n) is 2.60. The summed E-state index contributed by atoms with van der Waals surface area (Å²) < 4.78 is 15.9. The van der Waals surface area contributed by atoms with Gasteiger partial charge in [-0.1, -0.05) is 17.7 Å². The summed E-state index contributed by atoms with van der Waals surface area (Å²) in [6.07, 6.45) is 0. The summed E-state index contributed by atoms with van der Waals surface area (Å²) >= 11 is 6.02. The van der Waals surface area contributed by atoms with E-state index in [-0.39, 0.29) is 11.9 Å². The van der Waals surface area contributed by atoms with Crippen molar-refractivity contribution >= 4 is 23.2 Å². The van der Waals surface area contributed by atoms with Gasteiger partial charge in [0.05, 0.1) is 33.1 Å². The molecule has 146 valence electrons. The lowest BCUT2D eigenvalue weighted by molar-refractivity contribution is -0.120. The molecule has 2 rings (SSSR count). The number of nitrogens with one attached hydrogen (secondary N) is 1. The van der Waals surface area contributed by atoms with Crippen LogP contribution in [0.5, 0.6) is 17.2 Å². The van der Waals surface area contributed by atoms with Crippen LogP contribution in [0.2, 0.25) is 5.02 Å². The van der Waals surface area contributed by atoms with Crippen molar-refractivity contribution in [3.63, 3.8) is 0 Å². The van der Waals surface area contributed by atoms with Crippen molar-refractivity contribution in [1.29, 1.82) is 0 Å². The van der Waals surface area contributed by atoms with Crippen LogP contribution in [0, 0.1) is 0 Å². The number of carbonyl (C=O) groups is 1. The zero-order valence-corrected chi connectivity index (χ0v) is 17.0. The molecule has 0 saturated heterocycles. The summed E-state index contributed by atoms with van der Waals surface area (Å²) in [7, 11) is 6.64. The van der Waals surface area contributed by atoms with Crippen LogP contribution < -0.4 is 19.5 Å². The van der Waals surface area contributed by atoms with E-state index in [9.17, 15) is 4.79 Å². The van der Waals surface area contributed by atoms with Crippen LogP contribution in [0.25, 0.3) is 0 Å². The third-order valence-corrected chi connectivity index (χ3v) is 4.61. The van der Waals surface area contributed by atoms with E-state index < -0.39 is 0 Å². The summed E-state index contributed by atoms with van der Waals surface area (Å²) in [6, 6.07) is 10.3. The van der Waals surface area contributed by atoms with Gasteiger partial charge in [0.15, 0.2) is 0 Å². The summed E-state index contributed by atoms with van der Waals surface area (Å²) in [5, 5.41) is 3.40. The summed E-state index contributed by atoms with van der Waals surface area (Å²) in [5.74, 6) is 1.83. The number of benzene rings is 2. The molecule has 0 bridgehead atoms. The molecule has 6 nitrogen and oxygen atoms in total. The van der Waals surface area contributed by atoms with Gasteiger partial charge in [-0.05, 0) is 38.2 Å². The molecule has 2 aromatic carbocycles. The van der Waals surface area contributed by atoms with Crippen LogP contribution in [0.4, 0.5) is 5.69 Å². The monoisotopic (exact) mass is 392 g/mol. The van der Waals surface area contributed by atoms with Crippen molar-refractivity contribution in [1.82, 2.24) is 4.90 Å². The Morgan fingerprint density at radius 3 is 2.41 bits per heavy atom. The van der Waals surface area contributed by atoms with Crippen molar-refractivity contribution in [3.8, 4) is 17.2 Å². The van der Waals surface area contributed by atoms with E-state index >= 15 is 0 Å². The Morgan fingerprint density at radius 1 is 1.07 bits per heavy atom. The maximum absolute atomic E-state index is 12.7. The van der Waals surface area contributed by atoms with Gasteiger partial charge in [-0.2, -0.15) is 0 Å². The molecule has 0 aliphatic rings. The number of carbonyl (C=O) groups excluding carboxylic acids is 1. The van der Waals surface area contributed by atoms with E-state index in [0.29, 0.717) is 28.8 Å². The average Bonchev–Trinajstić information content (AvgIpc) is 2.67. The lowest BCUT2D eigenvalue weighted by atomic mass is 10.1. The molecule has 0 aliphatic carbocycles. The molecule has 1 atom stereocenters. The number of methoxy groups -OCH3 is 3. The Bertz CT molecular complexity index is 798. The fourth-order valence-corrected chi connectivity index (χ4v) is 2.78. The first-order valence-electron chi connectivity index (χ1n) is 8.45. The number of anilines is 1. The Labute approximate surface area is 165 Å². The van der Waals surface area contributed by atoms with E-state index in [1.807, 2.05) is 37.1 Å². The molecule has 0 heterocycles. The highest BCUT2D eigenvalue weighted by molar-refractivity contribution is 6.31. The van der Waals surface area contributed by atoms with E-state index in [1.54, 1.807) is 39.5 Å². The number of rotatable bonds is 8. The van der Waals surface area contributed by atoms with Gasteiger partial charge in [0.2, 0.25) is 5.91 Å². The predicted octanol–water partition coefficient (Wildman–Crippen LogP) is 3.82. The summed E-state index contributed by atoms with van der Waals surface area (Å²) in [5.41, 5.74) is 1.50. The maximum Gasteiger partial charge on any atom is 0.241 e. The first-order valence-corrected chi connectivity index (χ1v) is 8.83. The van der Waals surface area contributed by atoms with Gasteiger partial charge in [0, 0.05) is 23.2 Å². The quantitative estimate of drug-likeness (QED) is 0.739. The van der Waals surface area contributed by atoms with E-state index in [0.717, 1.165) is 11.3 Å². The number of nitrogens with zero attached hydrogens (tertiary/aromatic N) is 1. The highest BCUT2D eigenvalue weighted by Crippen LogP contribution is 2.29. The topological polar surface area (TPSA) is 60.0 Å². The van der Waals surface area contributed by atoms with Gasteiger partial charge >= 0.3 is 0 Å². The largest absolute Gasteiger partial charge is 0.497 e. The van der Waals surface area contributed by atoms with Crippen LogP contribution in [0.15, 0.2) is 36.4 Å². The number of likely N-dealkylation sites (N-methyl/N-ethyl adjacent to an activating group) is 1. The van der Waals surface area contributed by atoms with Crippen LogP contribution in [0.3, 0.4) is 0 Å². The highest BCUT2D eigenvalue weighted by Gasteiger charge is 2.21. The third kappa shape index (κ3) is 5.28. The molecule has 0 aliphatic heterocycles. The number of hydrogen-bond acceptors (Lipinski definition) is 5. The normalized spacial score (nSPS) is 11.8. The van der Waals surface area contributed by atoms with Gasteiger partial charge in [0.1, 0.15) is 17.2 Å². The molecule has 0 aromatic heterocycles. The molecular formula is C20H25ClN2O4. The van der Waals surface area contributed by atoms with Crippen LogP contribution >= 0.6 is 11.6 Å². The predicted molar refractivity (Wildman–Crippen MR) is 107 cm³/mol. The number of halogens is 1. The van der Waals surface area contributed by atoms with Gasteiger partial charge in [0.25, 0.3) is 0 Å². The SMILES string of the molecule is COc1ccc(CN(C)[C@H](C)C(=O)Nc2cc(Cl)ccc2OC)c(OC)c1. The third-order valence-electron chi connectivity index (χ3n) is 4.37. The lowest BCUT2D eigenvalue weighted by Gasteiger charge is -2.25. The maximum atomic E-state index is 12.7. The standard InChI is InChI=1S/C20H25ClN2O4/c1-13(20(24)22-17-10-15(21)7-9-18(17)26-4)23(2)12-14-6-8-16(25-3)11-19(14)27-5/h6-11,13H,12H2,1-5H3,(H,22,24)/t13-/m1/s1. The first kappa shape index (κ1) is 20.9. The fraction of sp³-hybridized carbons (Fsp3) is 0.350. The second-order valence-electron chi connectivity index (χ2n) is 6.10. The molecule has 0 radical (unpaired) electrons. The Balaban J connectivity index is 2.10. The van der Waals surface area contributed by atoms with Crippen molar-refractivity contribution in [3.05, 3.63) is 47.0 Å². The minimum Gasteiger partial charge on any atom is -0.497 e. The zero-order chi connectivity index (χ0) is 20.0. The highest BCUT2D eigenvalue weighted by atomic mass is 35.5. The molecule has 0 fully saturated rings. The van der Waals surface area contributed by atoms with Gasteiger partial charge in [-0.15, -0.1) is 0 Å². The van der Waals surface area contributed by atoms with Crippen LogP contribution in [-0.2, 0) is 11.3 Å². The van der Waals surface area contributed by atoms with Gasteiger partial charge < -0.3 is 19.5 Å². The second-order valence-corrected chi connectivity index (χ2v) is 6.54. The smallest absolute Gasteiger partial charge is 0.241 e. The number of hydrogen-bond donors (Lipinski definition) is 1. The minimum absolute atomic E-state index is 0.162. The van der Waals surface area contributed by atoms with Crippen molar-refractivity contribution in [2.75, 3.05) is 33.7 Å². The van der Waals surface area contributed by atoms with E-state index in [1.165, 1.54) is 0 Å². The summed E-state index contributed by atoms with van der Waals surface area (Å²) in [6.45, 7) is 2.37. The van der Waals surface area contributed by atoms with Crippen molar-refractivity contribution < 1.29 is 19.0 Å². The number of ether oxygens (including phenoxy) is 3. The minimum atomic E-state index is -0.388. The van der Waals surface area contributed by atoms with Crippen LogP contribution in [0.1, 0.15) is 12.5 Å². The molecular weight excluding hydrogens is 368 g/mol. The molecule has 2 aromatic rings. The van der Waals surface area contributed by atoms with E-state index in [2.05, 4.69) is 5.32 Å². The Kier molecular flexibility index (Phi) is 7.33. The molecule has 27 heavy (non-hydrogen) atoms. The van der Waals surface area contributed by atoms with Crippen LogP contribution in [-0.4, -0.2) is 45.2 Å². The first-order chi connectivity index (χ1) is 12.9. The Morgan fingerprint density at radius 2 is 1.78 bits per heavy atom. The molecule has 1 N–H and O–H groups in total. The van der Waals surface area contributed by atoms with Gasteiger partial charge in [-0.3, -0.25) is 9.69 Å². The van der Waals surface area contributed by atoms with Gasteiger partial charge in [-0.25, -0.2) is 0 Å². The van der Waals surface area contributed by atoms with Crippen molar-refractivity contribution in [2.24, 2.45) is 0 Å². The lowest BCUT2D eigenvalue weighted by Crippen LogP contribution is -2.39. The van der Waals surface area contributed by atoms with Crippen molar-refractivity contribution in [2.45, 2.75) is 19.5 Å². The molecule has 0 unspecified atom stereocenters. The molecule has 1 amide bonds. The second kappa shape index (κ2) is 9.48. The zero-order valence-electron chi connectivity index (χ0n) is 16.2. The molecule has 0 spiro atoms. The molecule has 0 saturated carbocycles. The average molecular weight is 393 g/mol. The number of amides is 1. The molecule has 7 heteroatoms. The Hall–Kier alpha value is -2.44. The summed E-state index contributed by atoms with van der Waals surface area (Å²) in [4.78, 5) is 14.6.